The van der Waals surface area contributed by atoms with Crippen molar-refractivity contribution in [2.75, 3.05) is 5.32 Å². The summed E-state index contributed by atoms with van der Waals surface area (Å²) in [6, 6.07) is 14.9. The van der Waals surface area contributed by atoms with Crippen LogP contribution >= 0.6 is 0 Å². The van der Waals surface area contributed by atoms with Crippen LogP contribution in [0, 0.1) is 13.8 Å². The molecule has 0 aliphatic carbocycles. The number of carbonyl (C=O) groups excluding carboxylic acids is 1. The third kappa shape index (κ3) is 2.93. The largest absolute Gasteiger partial charge is 0.321 e. The van der Waals surface area contributed by atoms with Gasteiger partial charge in [-0.05, 0) is 56.3 Å². The Morgan fingerprint density at radius 1 is 1.04 bits per heavy atom. The number of pyridine rings is 2. The third-order valence-electron chi connectivity index (χ3n) is 4.13. The smallest absolute Gasteiger partial charge is 0.257 e. The van der Waals surface area contributed by atoms with Gasteiger partial charge in [-0.1, -0.05) is 6.07 Å². The molecule has 6 nitrogen and oxygen atoms in total. The Morgan fingerprint density at radius 3 is 2.65 bits per heavy atom. The molecule has 0 spiro atoms. The molecule has 0 bridgehead atoms. The van der Waals surface area contributed by atoms with E-state index in [9.17, 15) is 4.79 Å². The number of nitrogens with one attached hydrogen (secondary N) is 1. The number of benzene rings is 1. The lowest BCUT2D eigenvalue weighted by atomic mass is 10.1. The Balaban J connectivity index is 1.59. The molecule has 1 N–H and O–H groups in total. The topological polar surface area (TPSA) is 72.7 Å². The first-order valence-electron chi connectivity index (χ1n) is 8.26. The van der Waals surface area contributed by atoms with Gasteiger partial charge in [0, 0.05) is 23.5 Å². The molecule has 0 fully saturated rings. The number of nitrogens with zero attached hydrogens (tertiary/aromatic N) is 4. The highest BCUT2D eigenvalue weighted by Gasteiger charge is 2.11. The summed E-state index contributed by atoms with van der Waals surface area (Å²) < 4.78 is 1.76. The van der Waals surface area contributed by atoms with E-state index in [-0.39, 0.29) is 5.91 Å². The number of hydrogen-bond donors (Lipinski definition) is 1. The number of aryl methyl sites for hydroxylation is 2. The first-order chi connectivity index (χ1) is 12.6. The van der Waals surface area contributed by atoms with Crippen molar-refractivity contribution in [3.8, 4) is 5.82 Å². The van der Waals surface area contributed by atoms with Crippen LogP contribution in [0.2, 0.25) is 0 Å². The number of rotatable bonds is 3. The molecule has 128 valence electrons. The van der Waals surface area contributed by atoms with Crippen LogP contribution in [0.15, 0.2) is 60.9 Å². The van der Waals surface area contributed by atoms with Crippen molar-refractivity contribution in [2.24, 2.45) is 0 Å². The van der Waals surface area contributed by atoms with E-state index in [1.54, 1.807) is 29.2 Å². The Bertz CT molecular complexity index is 1090. The number of amides is 1. The number of hydrogen-bond acceptors (Lipinski definition) is 4. The van der Waals surface area contributed by atoms with Gasteiger partial charge in [0.15, 0.2) is 5.82 Å². The van der Waals surface area contributed by atoms with Crippen molar-refractivity contribution in [1.29, 1.82) is 0 Å². The van der Waals surface area contributed by atoms with Gasteiger partial charge in [0.1, 0.15) is 0 Å². The summed E-state index contributed by atoms with van der Waals surface area (Å²) in [5.41, 5.74) is 3.97. The van der Waals surface area contributed by atoms with Crippen molar-refractivity contribution >= 4 is 22.5 Å². The minimum absolute atomic E-state index is 0.214. The fraction of sp³-hybridized carbons (Fsp3) is 0.100. The zero-order valence-corrected chi connectivity index (χ0v) is 14.5. The van der Waals surface area contributed by atoms with Gasteiger partial charge in [0.2, 0.25) is 0 Å². The number of anilines is 1. The minimum atomic E-state index is -0.214. The van der Waals surface area contributed by atoms with Crippen molar-refractivity contribution < 1.29 is 4.79 Å². The quantitative estimate of drug-likeness (QED) is 0.616. The molecule has 0 radical (unpaired) electrons. The molecule has 1 amide bonds. The van der Waals surface area contributed by atoms with E-state index in [2.05, 4.69) is 20.4 Å². The molecule has 1 aromatic carbocycles. The lowest BCUT2D eigenvalue weighted by Crippen LogP contribution is -2.13. The molecule has 4 aromatic rings. The zero-order valence-electron chi connectivity index (χ0n) is 14.5. The number of fused-ring (bicyclic) bond motifs is 1. The van der Waals surface area contributed by atoms with Crippen LogP contribution < -0.4 is 5.32 Å². The summed E-state index contributed by atoms with van der Waals surface area (Å²) in [5.74, 6) is 0.468. The van der Waals surface area contributed by atoms with Crippen molar-refractivity contribution in [2.45, 2.75) is 13.8 Å². The average molecular weight is 343 g/mol. The van der Waals surface area contributed by atoms with E-state index in [4.69, 9.17) is 0 Å². The van der Waals surface area contributed by atoms with E-state index in [1.807, 2.05) is 50.2 Å². The second-order valence-electron chi connectivity index (χ2n) is 6.07. The van der Waals surface area contributed by atoms with Crippen LogP contribution in [-0.4, -0.2) is 25.7 Å². The van der Waals surface area contributed by atoms with Gasteiger partial charge in [-0.2, -0.15) is 5.10 Å². The molecular formula is C20H17N5O. The van der Waals surface area contributed by atoms with Gasteiger partial charge in [0.05, 0.1) is 22.5 Å². The predicted molar refractivity (Wildman–Crippen MR) is 101 cm³/mol. The van der Waals surface area contributed by atoms with Gasteiger partial charge in [-0.25, -0.2) is 9.67 Å². The second-order valence-corrected chi connectivity index (χ2v) is 6.07. The van der Waals surface area contributed by atoms with Gasteiger partial charge < -0.3 is 5.32 Å². The lowest BCUT2D eigenvalue weighted by molar-refractivity contribution is 0.102. The zero-order chi connectivity index (χ0) is 18.1. The normalized spacial score (nSPS) is 10.8. The highest BCUT2D eigenvalue weighted by molar-refractivity contribution is 6.08. The van der Waals surface area contributed by atoms with Gasteiger partial charge >= 0.3 is 0 Å². The summed E-state index contributed by atoms with van der Waals surface area (Å²) in [4.78, 5) is 21.3. The summed E-state index contributed by atoms with van der Waals surface area (Å²) in [5, 5.41) is 8.24. The summed E-state index contributed by atoms with van der Waals surface area (Å²) in [6.45, 7) is 3.90. The van der Waals surface area contributed by atoms with Crippen molar-refractivity contribution in [3.63, 3.8) is 0 Å². The Hall–Kier alpha value is -3.54. The number of carbonyl (C=O) groups is 1. The van der Waals surface area contributed by atoms with Crippen LogP contribution in [0.25, 0.3) is 16.7 Å². The average Bonchev–Trinajstić information content (AvgIpc) is 3.00. The Kier molecular flexibility index (Phi) is 3.93. The van der Waals surface area contributed by atoms with Crippen molar-refractivity contribution in [1.82, 2.24) is 19.7 Å². The maximum atomic E-state index is 12.6. The van der Waals surface area contributed by atoms with E-state index < -0.39 is 0 Å². The molecule has 0 saturated carbocycles. The SMILES string of the molecule is Cc1cc(C)n(-c2ccc(C(=O)Nc3cccc4ncccc34)cn2)n1. The highest BCUT2D eigenvalue weighted by Crippen LogP contribution is 2.22. The molecule has 3 heterocycles. The summed E-state index contributed by atoms with van der Waals surface area (Å²) in [6.07, 6.45) is 3.29. The monoisotopic (exact) mass is 343 g/mol. The molecule has 0 unspecified atom stereocenters. The second kappa shape index (κ2) is 6.40. The first-order valence-corrected chi connectivity index (χ1v) is 8.26. The van der Waals surface area contributed by atoms with Crippen LogP contribution in [0.1, 0.15) is 21.7 Å². The van der Waals surface area contributed by atoms with Crippen molar-refractivity contribution in [3.05, 3.63) is 77.9 Å². The van der Waals surface area contributed by atoms with E-state index in [1.165, 1.54) is 0 Å². The minimum Gasteiger partial charge on any atom is -0.321 e. The van der Waals surface area contributed by atoms with E-state index in [0.29, 0.717) is 11.4 Å². The molecule has 26 heavy (non-hydrogen) atoms. The molecule has 6 heteroatoms. The van der Waals surface area contributed by atoms with Crippen LogP contribution in [-0.2, 0) is 0 Å². The predicted octanol–water partition coefficient (Wildman–Crippen LogP) is 3.68. The first kappa shape index (κ1) is 16.0. The molecule has 4 rings (SSSR count). The van der Waals surface area contributed by atoms with Crippen LogP contribution in [0.3, 0.4) is 0 Å². The summed E-state index contributed by atoms with van der Waals surface area (Å²) >= 11 is 0. The molecule has 0 aliphatic heterocycles. The summed E-state index contributed by atoms with van der Waals surface area (Å²) in [7, 11) is 0. The molecule has 0 saturated heterocycles. The maximum absolute atomic E-state index is 12.6. The molecule has 0 aliphatic rings. The van der Waals surface area contributed by atoms with Gasteiger partial charge in [-0.3, -0.25) is 9.78 Å². The van der Waals surface area contributed by atoms with Crippen LogP contribution in [0.4, 0.5) is 5.69 Å². The fourth-order valence-electron chi connectivity index (χ4n) is 2.91. The lowest BCUT2D eigenvalue weighted by Gasteiger charge is -2.09. The third-order valence-corrected chi connectivity index (χ3v) is 4.13. The van der Waals surface area contributed by atoms with Gasteiger partial charge in [0.25, 0.3) is 5.91 Å². The highest BCUT2D eigenvalue weighted by atomic mass is 16.1. The Morgan fingerprint density at radius 2 is 1.92 bits per heavy atom. The van der Waals surface area contributed by atoms with Crippen LogP contribution in [0.5, 0.6) is 0 Å². The Labute approximate surface area is 150 Å². The number of aromatic nitrogens is 4. The standard InChI is InChI=1S/C20H17N5O/c1-13-11-14(2)25(24-13)19-9-8-15(12-22-19)20(26)23-18-7-3-6-17-16(18)5-4-10-21-17/h3-12H,1-2H3,(H,23,26). The molecule has 0 atom stereocenters. The fourth-order valence-corrected chi connectivity index (χ4v) is 2.91. The van der Waals surface area contributed by atoms with Gasteiger partial charge in [-0.15, -0.1) is 0 Å². The van der Waals surface area contributed by atoms with E-state index >= 15 is 0 Å². The van der Waals surface area contributed by atoms with E-state index in [0.717, 1.165) is 28.0 Å². The molecular weight excluding hydrogens is 326 g/mol. The maximum Gasteiger partial charge on any atom is 0.257 e. The molecule has 3 aromatic heterocycles.